The molecule has 28 heavy (non-hydrogen) atoms. The van der Waals surface area contributed by atoms with Crippen molar-refractivity contribution in [2.75, 3.05) is 20.2 Å². The second-order valence-electron chi connectivity index (χ2n) is 7.35. The topological polar surface area (TPSA) is 75.7 Å². The van der Waals surface area contributed by atoms with E-state index in [1.807, 2.05) is 31.2 Å². The van der Waals surface area contributed by atoms with Gasteiger partial charge in [-0.1, -0.05) is 30.3 Å². The molecule has 7 heteroatoms. The minimum atomic E-state index is -3.60. The molecule has 0 saturated carbocycles. The third-order valence-electron chi connectivity index (χ3n) is 5.20. The van der Waals surface area contributed by atoms with Gasteiger partial charge in [-0.15, -0.1) is 0 Å². The summed E-state index contributed by atoms with van der Waals surface area (Å²) < 4.78 is 32.4. The highest BCUT2D eigenvalue weighted by Crippen LogP contribution is 2.33. The van der Waals surface area contributed by atoms with E-state index in [0.717, 1.165) is 11.3 Å². The maximum Gasteiger partial charge on any atom is 0.243 e. The van der Waals surface area contributed by atoms with E-state index in [9.17, 15) is 13.2 Å². The fourth-order valence-electron chi connectivity index (χ4n) is 3.46. The Bertz CT molecular complexity index is 913. The number of benzene rings is 2. The summed E-state index contributed by atoms with van der Waals surface area (Å²) in [5, 5.41) is 2.96. The lowest BCUT2D eigenvalue weighted by atomic mass is 9.82. The summed E-state index contributed by atoms with van der Waals surface area (Å²) in [6, 6.07) is 15.9. The molecule has 0 radical (unpaired) electrons. The van der Waals surface area contributed by atoms with Gasteiger partial charge in [0.15, 0.2) is 0 Å². The maximum atomic E-state index is 12.9. The molecule has 1 heterocycles. The van der Waals surface area contributed by atoms with Crippen LogP contribution in [-0.4, -0.2) is 38.8 Å². The monoisotopic (exact) mass is 402 g/mol. The van der Waals surface area contributed by atoms with Crippen LogP contribution in [-0.2, 0) is 21.4 Å². The first-order valence-electron chi connectivity index (χ1n) is 9.32. The van der Waals surface area contributed by atoms with Crippen LogP contribution < -0.4 is 10.1 Å². The van der Waals surface area contributed by atoms with Crippen molar-refractivity contribution in [1.82, 2.24) is 9.62 Å². The molecule has 1 atom stereocenters. The molecule has 0 aromatic heterocycles. The smallest absolute Gasteiger partial charge is 0.243 e. The quantitative estimate of drug-likeness (QED) is 0.806. The predicted octanol–water partition coefficient (Wildman–Crippen LogP) is 2.80. The van der Waals surface area contributed by atoms with Crippen LogP contribution in [0.1, 0.15) is 25.3 Å². The third kappa shape index (κ3) is 4.36. The number of nitrogens with one attached hydrogen (secondary N) is 1. The van der Waals surface area contributed by atoms with Gasteiger partial charge >= 0.3 is 0 Å². The highest BCUT2D eigenvalue weighted by molar-refractivity contribution is 7.89. The zero-order valence-electron chi connectivity index (χ0n) is 16.2. The number of hydrogen-bond donors (Lipinski definition) is 1. The van der Waals surface area contributed by atoms with E-state index in [1.165, 1.54) is 4.31 Å². The molecule has 0 unspecified atom stereocenters. The molecular weight excluding hydrogens is 376 g/mol. The minimum absolute atomic E-state index is 0.128. The van der Waals surface area contributed by atoms with Gasteiger partial charge in [0.2, 0.25) is 15.9 Å². The lowest BCUT2D eigenvalue weighted by Gasteiger charge is -2.38. The number of carbonyl (C=O) groups is 1. The molecule has 6 nitrogen and oxygen atoms in total. The van der Waals surface area contributed by atoms with Crippen molar-refractivity contribution in [1.29, 1.82) is 0 Å². The van der Waals surface area contributed by atoms with Crippen LogP contribution in [0.5, 0.6) is 5.75 Å². The maximum absolute atomic E-state index is 12.9. The largest absolute Gasteiger partial charge is 0.497 e. The molecule has 1 N–H and O–H groups in total. The number of piperidine rings is 1. The third-order valence-corrected chi connectivity index (χ3v) is 7.06. The molecule has 2 aromatic rings. The van der Waals surface area contributed by atoms with E-state index in [0.29, 0.717) is 25.9 Å². The molecule has 0 aliphatic carbocycles. The van der Waals surface area contributed by atoms with E-state index in [4.69, 9.17) is 4.74 Å². The summed E-state index contributed by atoms with van der Waals surface area (Å²) in [6.45, 7) is 2.84. The highest BCUT2D eigenvalue weighted by atomic mass is 32.2. The number of rotatable bonds is 6. The molecule has 1 aliphatic rings. The van der Waals surface area contributed by atoms with Gasteiger partial charge in [-0.25, -0.2) is 8.42 Å². The summed E-state index contributed by atoms with van der Waals surface area (Å²) >= 11 is 0. The number of hydrogen-bond acceptors (Lipinski definition) is 4. The zero-order chi connectivity index (χ0) is 20.2. The molecule has 1 saturated heterocycles. The number of ether oxygens (including phenoxy) is 1. The second-order valence-corrected chi connectivity index (χ2v) is 9.28. The molecule has 1 aliphatic heterocycles. The van der Waals surface area contributed by atoms with E-state index in [-0.39, 0.29) is 17.3 Å². The molecule has 0 bridgehead atoms. The SMILES string of the molecule is COc1ccc(CNC(=O)[C@]2(C)CCCN(S(=O)(=O)c3ccccc3)C2)cc1. The first-order chi connectivity index (χ1) is 13.3. The Balaban J connectivity index is 1.67. The first-order valence-corrected chi connectivity index (χ1v) is 10.8. The Morgan fingerprint density at radius 1 is 1.14 bits per heavy atom. The van der Waals surface area contributed by atoms with Crippen LogP contribution in [0.15, 0.2) is 59.5 Å². The summed E-state index contributed by atoms with van der Waals surface area (Å²) in [5.41, 5.74) is 0.203. The summed E-state index contributed by atoms with van der Waals surface area (Å²) in [5.74, 6) is 0.632. The molecule has 2 aromatic carbocycles. The standard InChI is InChI=1S/C21H26N2O4S/c1-21(20(24)22-15-17-9-11-18(27-2)12-10-17)13-6-14-23(16-21)28(25,26)19-7-4-3-5-8-19/h3-5,7-12H,6,13-16H2,1-2H3,(H,22,24)/t21-/m1/s1. The fourth-order valence-corrected chi connectivity index (χ4v) is 5.09. The van der Waals surface area contributed by atoms with Crippen LogP contribution >= 0.6 is 0 Å². The molecule has 3 rings (SSSR count). The lowest BCUT2D eigenvalue weighted by Crippen LogP contribution is -2.51. The Hall–Kier alpha value is -2.38. The highest BCUT2D eigenvalue weighted by Gasteiger charge is 2.41. The van der Waals surface area contributed by atoms with E-state index in [1.54, 1.807) is 37.4 Å². The first kappa shape index (κ1) is 20.4. The molecule has 0 spiro atoms. The molecule has 150 valence electrons. The summed E-state index contributed by atoms with van der Waals surface area (Å²) in [7, 11) is -1.99. The van der Waals surface area contributed by atoms with Crippen LogP contribution in [0, 0.1) is 5.41 Å². The molecule has 1 amide bonds. The summed E-state index contributed by atoms with van der Waals surface area (Å²) in [6.07, 6.45) is 1.31. The average molecular weight is 403 g/mol. The van der Waals surface area contributed by atoms with Crippen molar-refractivity contribution in [2.45, 2.75) is 31.2 Å². The number of carbonyl (C=O) groups excluding carboxylic acids is 1. The molecular formula is C21H26N2O4S. The number of nitrogens with zero attached hydrogens (tertiary/aromatic N) is 1. The normalized spacial score (nSPS) is 20.5. The van der Waals surface area contributed by atoms with Gasteiger partial charge in [-0.2, -0.15) is 4.31 Å². The number of amides is 1. The van der Waals surface area contributed by atoms with Gasteiger partial charge in [0.25, 0.3) is 0 Å². The van der Waals surface area contributed by atoms with E-state index >= 15 is 0 Å². The van der Waals surface area contributed by atoms with Gasteiger partial charge in [-0.3, -0.25) is 4.79 Å². The average Bonchev–Trinajstić information content (AvgIpc) is 2.73. The van der Waals surface area contributed by atoms with E-state index < -0.39 is 15.4 Å². The van der Waals surface area contributed by atoms with Crippen LogP contribution in [0.2, 0.25) is 0 Å². The minimum Gasteiger partial charge on any atom is -0.497 e. The van der Waals surface area contributed by atoms with Crippen molar-refractivity contribution < 1.29 is 17.9 Å². The van der Waals surface area contributed by atoms with Crippen LogP contribution in [0.4, 0.5) is 0 Å². The molecule has 1 fully saturated rings. The van der Waals surface area contributed by atoms with Crippen molar-refractivity contribution in [2.24, 2.45) is 5.41 Å². The van der Waals surface area contributed by atoms with Crippen LogP contribution in [0.25, 0.3) is 0 Å². The van der Waals surface area contributed by atoms with Crippen molar-refractivity contribution in [3.05, 3.63) is 60.2 Å². The number of sulfonamides is 1. The lowest BCUT2D eigenvalue weighted by molar-refractivity contribution is -0.132. The Kier molecular flexibility index (Phi) is 6.05. The van der Waals surface area contributed by atoms with Gasteiger partial charge in [-0.05, 0) is 49.6 Å². The predicted molar refractivity (Wildman–Crippen MR) is 107 cm³/mol. The van der Waals surface area contributed by atoms with Crippen molar-refractivity contribution >= 4 is 15.9 Å². The van der Waals surface area contributed by atoms with Gasteiger partial charge in [0, 0.05) is 19.6 Å². The Morgan fingerprint density at radius 3 is 2.46 bits per heavy atom. The van der Waals surface area contributed by atoms with Crippen molar-refractivity contribution in [3.63, 3.8) is 0 Å². The van der Waals surface area contributed by atoms with Gasteiger partial charge < -0.3 is 10.1 Å². The summed E-state index contributed by atoms with van der Waals surface area (Å²) in [4.78, 5) is 13.1. The van der Waals surface area contributed by atoms with Gasteiger partial charge in [0.1, 0.15) is 5.75 Å². The second kappa shape index (κ2) is 8.32. The zero-order valence-corrected chi connectivity index (χ0v) is 17.0. The Labute approximate surface area is 166 Å². The van der Waals surface area contributed by atoms with E-state index in [2.05, 4.69) is 5.32 Å². The van der Waals surface area contributed by atoms with Crippen LogP contribution in [0.3, 0.4) is 0 Å². The van der Waals surface area contributed by atoms with Crippen molar-refractivity contribution in [3.8, 4) is 5.75 Å². The fraction of sp³-hybridized carbons (Fsp3) is 0.381. The Morgan fingerprint density at radius 2 is 1.82 bits per heavy atom. The van der Waals surface area contributed by atoms with Gasteiger partial charge in [0.05, 0.1) is 17.4 Å². The number of methoxy groups -OCH3 is 1.